The number of hydrogen-bond donors (Lipinski definition) is 0. The molecule has 0 radical (unpaired) electrons. The average Bonchev–Trinajstić information content (AvgIpc) is 2.72. The Morgan fingerprint density at radius 2 is 1.53 bits per heavy atom. The fraction of sp³-hybridized carbons (Fsp3) is 0.643. The summed E-state index contributed by atoms with van der Waals surface area (Å²) in [7, 11) is 0. The fourth-order valence-corrected chi connectivity index (χ4v) is 3.35. The zero-order valence-corrected chi connectivity index (χ0v) is 21.3. The van der Waals surface area contributed by atoms with Crippen LogP contribution in [0, 0.1) is 22.7 Å². The quantitative estimate of drug-likeness (QED) is 0.133. The first-order valence-electron chi connectivity index (χ1n) is 12.0. The third-order valence-electron chi connectivity index (χ3n) is 6.42. The Bertz CT molecular complexity index is 708. The molecule has 0 aliphatic carbocycles. The van der Waals surface area contributed by atoms with E-state index < -0.39 is 0 Å². The third-order valence-corrected chi connectivity index (χ3v) is 6.42. The van der Waals surface area contributed by atoms with Crippen LogP contribution in [-0.2, 0) is 14.3 Å². The van der Waals surface area contributed by atoms with Crippen molar-refractivity contribution in [1.82, 2.24) is 0 Å². The summed E-state index contributed by atoms with van der Waals surface area (Å²) in [5, 5.41) is 0. The summed E-state index contributed by atoms with van der Waals surface area (Å²) < 4.78 is 11.4. The minimum absolute atomic E-state index is 0.0546. The van der Waals surface area contributed by atoms with Crippen molar-refractivity contribution in [2.75, 3.05) is 13.2 Å². The molecule has 0 aliphatic rings. The van der Waals surface area contributed by atoms with Crippen molar-refractivity contribution in [2.24, 2.45) is 22.7 Å². The third kappa shape index (κ3) is 10.5. The van der Waals surface area contributed by atoms with Gasteiger partial charge >= 0.3 is 5.97 Å². The molecular weight excluding hydrogens is 400 g/mol. The second kappa shape index (κ2) is 13.4. The monoisotopic (exact) mass is 444 g/mol. The Balaban J connectivity index is 2.27. The summed E-state index contributed by atoms with van der Waals surface area (Å²) in [6.45, 7) is 16.5. The molecule has 0 saturated carbocycles. The highest BCUT2D eigenvalue weighted by Crippen LogP contribution is 2.40. The Hall–Kier alpha value is -2.10. The fourth-order valence-electron chi connectivity index (χ4n) is 3.35. The van der Waals surface area contributed by atoms with Gasteiger partial charge in [0.2, 0.25) is 0 Å². The number of rotatable bonds is 14. The maximum absolute atomic E-state index is 12.8. The molecule has 4 heteroatoms. The molecule has 0 spiro atoms. The molecule has 0 aliphatic heterocycles. The molecule has 0 saturated heterocycles. The van der Waals surface area contributed by atoms with Crippen molar-refractivity contribution >= 4 is 18.3 Å². The van der Waals surface area contributed by atoms with Crippen LogP contribution < -0.4 is 4.74 Å². The molecular formula is C28H44O4. The predicted molar refractivity (Wildman–Crippen MR) is 133 cm³/mol. The highest BCUT2D eigenvalue weighted by molar-refractivity contribution is 5.74. The number of benzene rings is 1. The first-order valence-corrected chi connectivity index (χ1v) is 12.0. The largest absolute Gasteiger partial charge is 0.494 e. The number of ether oxygens (including phenoxy) is 2. The summed E-state index contributed by atoms with van der Waals surface area (Å²) >= 11 is 0. The van der Waals surface area contributed by atoms with Crippen molar-refractivity contribution in [3.8, 4) is 5.75 Å². The van der Waals surface area contributed by atoms with Crippen LogP contribution in [0.1, 0.15) is 86.1 Å². The van der Waals surface area contributed by atoms with Crippen molar-refractivity contribution < 1.29 is 19.1 Å². The molecule has 1 atom stereocenters. The Labute approximate surface area is 195 Å². The molecule has 1 aromatic carbocycles. The number of esters is 1. The van der Waals surface area contributed by atoms with E-state index in [1.807, 2.05) is 24.3 Å². The van der Waals surface area contributed by atoms with Crippen molar-refractivity contribution in [3.05, 3.63) is 35.9 Å². The number of aldehydes is 1. The van der Waals surface area contributed by atoms with E-state index in [9.17, 15) is 9.59 Å². The molecule has 0 amide bonds. The normalized spacial score (nSPS) is 13.4. The van der Waals surface area contributed by atoms with Crippen LogP contribution in [0.4, 0.5) is 0 Å². The lowest BCUT2D eigenvalue weighted by Crippen LogP contribution is -2.36. The van der Waals surface area contributed by atoms with Gasteiger partial charge in [0.25, 0.3) is 0 Å². The second-order valence-electron chi connectivity index (χ2n) is 10.8. The molecule has 180 valence electrons. The van der Waals surface area contributed by atoms with Gasteiger partial charge in [-0.1, -0.05) is 66.7 Å². The lowest BCUT2D eigenvalue weighted by Gasteiger charge is -2.38. The Morgan fingerprint density at radius 3 is 2.06 bits per heavy atom. The van der Waals surface area contributed by atoms with Crippen LogP contribution in [0.15, 0.2) is 30.3 Å². The molecule has 1 unspecified atom stereocenters. The summed E-state index contributed by atoms with van der Waals surface area (Å²) in [5.41, 5.74) is 0.966. The lowest BCUT2D eigenvalue weighted by atomic mass is 9.67. The van der Waals surface area contributed by atoms with Gasteiger partial charge in [-0.05, 0) is 72.6 Å². The van der Waals surface area contributed by atoms with Crippen molar-refractivity contribution in [2.45, 2.75) is 80.6 Å². The van der Waals surface area contributed by atoms with E-state index in [2.05, 4.69) is 48.5 Å². The van der Waals surface area contributed by atoms with Gasteiger partial charge in [-0.3, -0.25) is 9.59 Å². The Kier molecular flexibility index (Phi) is 11.7. The lowest BCUT2D eigenvalue weighted by molar-refractivity contribution is -0.154. The Morgan fingerprint density at radius 1 is 0.938 bits per heavy atom. The van der Waals surface area contributed by atoms with Gasteiger partial charge < -0.3 is 9.47 Å². The maximum Gasteiger partial charge on any atom is 0.309 e. The maximum atomic E-state index is 12.8. The molecule has 32 heavy (non-hydrogen) atoms. The van der Waals surface area contributed by atoms with Crippen LogP contribution in [0.25, 0.3) is 6.08 Å². The average molecular weight is 445 g/mol. The molecule has 0 fully saturated rings. The van der Waals surface area contributed by atoms with Crippen LogP contribution in [0.2, 0.25) is 0 Å². The first-order chi connectivity index (χ1) is 15.0. The zero-order chi connectivity index (χ0) is 24.2. The van der Waals surface area contributed by atoms with Crippen LogP contribution in [0.3, 0.4) is 0 Å². The molecule has 0 bridgehead atoms. The number of carbonyl (C=O) groups excluding carboxylic acids is 2. The van der Waals surface area contributed by atoms with E-state index in [0.717, 1.165) is 49.7 Å². The van der Waals surface area contributed by atoms with Gasteiger partial charge in [-0.25, -0.2) is 0 Å². The summed E-state index contributed by atoms with van der Waals surface area (Å²) in [5.74, 6) is 1.20. The molecule has 1 rings (SSSR count). The van der Waals surface area contributed by atoms with E-state index in [1.165, 1.54) is 6.08 Å². The van der Waals surface area contributed by atoms with E-state index in [-0.39, 0.29) is 22.7 Å². The SMILES string of the molecule is CC(C)C(C)(C)CC(C(=O)OCCCCCCOc1ccc(/C=C/C=O)cc1)C(C)(C)C. The van der Waals surface area contributed by atoms with Gasteiger partial charge in [-0.2, -0.15) is 0 Å². The number of allylic oxidation sites excluding steroid dienone is 1. The molecule has 4 nitrogen and oxygen atoms in total. The molecule has 0 N–H and O–H groups in total. The van der Waals surface area contributed by atoms with Crippen LogP contribution in [-0.4, -0.2) is 25.5 Å². The smallest absolute Gasteiger partial charge is 0.309 e. The summed E-state index contributed by atoms with van der Waals surface area (Å²) in [6, 6.07) is 7.68. The highest BCUT2D eigenvalue weighted by Gasteiger charge is 2.38. The molecule has 1 aromatic rings. The predicted octanol–water partition coefficient (Wildman–Crippen LogP) is 7.12. The van der Waals surface area contributed by atoms with Crippen molar-refractivity contribution in [1.29, 1.82) is 0 Å². The van der Waals surface area contributed by atoms with E-state index in [4.69, 9.17) is 9.47 Å². The van der Waals surface area contributed by atoms with Gasteiger partial charge in [-0.15, -0.1) is 0 Å². The topological polar surface area (TPSA) is 52.6 Å². The standard InChI is InChI=1S/C28H44O4/c1-22(2)28(6,7)21-25(27(3,4)5)26(30)32-20-11-9-8-10-19-31-24-16-14-23(15-17-24)13-12-18-29/h12-18,22,25H,8-11,19-21H2,1-7H3/b13-12+. The second-order valence-corrected chi connectivity index (χ2v) is 10.8. The minimum atomic E-state index is -0.108. The minimum Gasteiger partial charge on any atom is -0.494 e. The van der Waals surface area contributed by atoms with Gasteiger partial charge in [0, 0.05) is 0 Å². The number of carbonyl (C=O) groups is 2. The highest BCUT2D eigenvalue weighted by atomic mass is 16.5. The van der Waals surface area contributed by atoms with E-state index in [0.29, 0.717) is 19.1 Å². The number of hydrogen-bond acceptors (Lipinski definition) is 4. The van der Waals surface area contributed by atoms with Gasteiger partial charge in [0.05, 0.1) is 19.1 Å². The summed E-state index contributed by atoms with van der Waals surface area (Å²) in [4.78, 5) is 23.2. The van der Waals surface area contributed by atoms with E-state index >= 15 is 0 Å². The zero-order valence-electron chi connectivity index (χ0n) is 21.3. The summed E-state index contributed by atoms with van der Waals surface area (Å²) in [6.07, 6.45) is 8.76. The van der Waals surface area contributed by atoms with Crippen LogP contribution in [0.5, 0.6) is 5.75 Å². The van der Waals surface area contributed by atoms with E-state index in [1.54, 1.807) is 6.08 Å². The van der Waals surface area contributed by atoms with Gasteiger partial charge in [0.1, 0.15) is 12.0 Å². The van der Waals surface area contributed by atoms with Crippen molar-refractivity contribution in [3.63, 3.8) is 0 Å². The molecule has 0 aromatic heterocycles. The number of unbranched alkanes of at least 4 members (excludes halogenated alkanes) is 3. The first kappa shape index (κ1) is 27.9. The van der Waals surface area contributed by atoms with Gasteiger partial charge in [0.15, 0.2) is 0 Å². The van der Waals surface area contributed by atoms with Crippen LogP contribution >= 0.6 is 0 Å². The molecule has 0 heterocycles.